The Labute approximate surface area is 92.3 Å². The molecule has 0 radical (unpaired) electrons. The molecule has 1 saturated heterocycles. The lowest BCUT2D eigenvalue weighted by molar-refractivity contribution is 0.160. The summed E-state index contributed by atoms with van der Waals surface area (Å²) < 4.78 is 0. The normalized spacial score (nSPS) is 27.9. The molecule has 2 atom stereocenters. The predicted octanol–water partition coefficient (Wildman–Crippen LogP) is 2.04. The minimum Gasteiger partial charge on any atom is -0.307 e. The predicted molar refractivity (Wildman–Crippen MR) is 63.9 cm³/mol. The number of benzene rings is 1. The summed E-state index contributed by atoms with van der Waals surface area (Å²) in [5.41, 5.74) is 1.40. The first-order valence-corrected chi connectivity index (χ1v) is 5.80. The van der Waals surface area contributed by atoms with Crippen LogP contribution >= 0.6 is 0 Å². The van der Waals surface area contributed by atoms with Crippen molar-refractivity contribution in [3.8, 4) is 0 Å². The molecule has 0 saturated carbocycles. The van der Waals surface area contributed by atoms with Gasteiger partial charge in [-0.15, -0.1) is 0 Å². The Morgan fingerprint density at radius 3 is 2.67 bits per heavy atom. The molecule has 2 rings (SSSR count). The molecule has 1 N–H and O–H groups in total. The lowest BCUT2D eigenvalue weighted by atomic mass is 10.0. The second-order valence-electron chi connectivity index (χ2n) is 4.37. The molecule has 1 aliphatic rings. The van der Waals surface area contributed by atoms with Crippen molar-refractivity contribution in [1.82, 2.24) is 10.2 Å². The van der Waals surface area contributed by atoms with E-state index >= 15 is 0 Å². The van der Waals surface area contributed by atoms with Crippen molar-refractivity contribution in [2.45, 2.75) is 25.4 Å². The topological polar surface area (TPSA) is 15.3 Å². The standard InChI is InChI=1S/C13H20N2/c1-3-12-9-14-13(10-15(12)2)11-7-5-4-6-8-11/h4-8,12-14H,3,9-10H2,1-2H3. The van der Waals surface area contributed by atoms with Gasteiger partial charge in [-0.25, -0.2) is 0 Å². The Hall–Kier alpha value is -0.860. The summed E-state index contributed by atoms with van der Waals surface area (Å²) in [7, 11) is 2.23. The fourth-order valence-corrected chi connectivity index (χ4v) is 2.30. The summed E-state index contributed by atoms with van der Waals surface area (Å²) in [6.45, 7) is 4.47. The van der Waals surface area contributed by atoms with Crippen LogP contribution in [-0.2, 0) is 0 Å². The molecule has 2 heteroatoms. The van der Waals surface area contributed by atoms with Crippen LogP contribution in [0.25, 0.3) is 0 Å². The van der Waals surface area contributed by atoms with E-state index in [1.54, 1.807) is 0 Å². The highest BCUT2D eigenvalue weighted by atomic mass is 15.2. The van der Waals surface area contributed by atoms with Crippen LogP contribution in [0, 0.1) is 0 Å². The van der Waals surface area contributed by atoms with E-state index in [0.717, 1.165) is 13.1 Å². The van der Waals surface area contributed by atoms with Crippen LogP contribution in [0.3, 0.4) is 0 Å². The summed E-state index contributed by atoms with van der Waals surface area (Å²) in [5, 5.41) is 3.63. The first kappa shape index (κ1) is 10.7. The van der Waals surface area contributed by atoms with Crippen molar-refractivity contribution < 1.29 is 0 Å². The van der Waals surface area contributed by atoms with Crippen molar-refractivity contribution in [2.75, 3.05) is 20.1 Å². The summed E-state index contributed by atoms with van der Waals surface area (Å²) in [4.78, 5) is 2.47. The van der Waals surface area contributed by atoms with Gasteiger partial charge in [0.05, 0.1) is 0 Å². The van der Waals surface area contributed by atoms with Gasteiger partial charge in [-0.3, -0.25) is 0 Å². The van der Waals surface area contributed by atoms with Gasteiger partial charge in [0.1, 0.15) is 0 Å². The highest BCUT2D eigenvalue weighted by molar-refractivity contribution is 5.20. The molecular weight excluding hydrogens is 184 g/mol. The Bertz CT molecular complexity index is 297. The van der Waals surface area contributed by atoms with Crippen LogP contribution in [-0.4, -0.2) is 31.1 Å². The van der Waals surface area contributed by atoms with Crippen LogP contribution in [0.4, 0.5) is 0 Å². The SMILES string of the molecule is CCC1CNC(c2ccccc2)CN1C. The third kappa shape index (κ3) is 2.39. The van der Waals surface area contributed by atoms with E-state index < -0.39 is 0 Å². The molecular formula is C13H20N2. The average molecular weight is 204 g/mol. The maximum absolute atomic E-state index is 3.63. The molecule has 0 aliphatic carbocycles. The molecule has 1 aliphatic heterocycles. The molecule has 1 fully saturated rings. The Morgan fingerprint density at radius 2 is 2.07 bits per heavy atom. The van der Waals surface area contributed by atoms with Crippen LogP contribution in [0.1, 0.15) is 24.9 Å². The van der Waals surface area contributed by atoms with Gasteiger partial charge < -0.3 is 10.2 Å². The van der Waals surface area contributed by atoms with Crippen LogP contribution in [0.15, 0.2) is 30.3 Å². The quantitative estimate of drug-likeness (QED) is 0.793. The molecule has 0 bridgehead atoms. The fourth-order valence-electron chi connectivity index (χ4n) is 2.30. The number of nitrogens with zero attached hydrogens (tertiary/aromatic N) is 1. The molecule has 82 valence electrons. The minimum absolute atomic E-state index is 0.499. The van der Waals surface area contributed by atoms with E-state index in [-0.39, 0.29) is 0 Å². The number of hydrogen-bond donors (Lipinski definition) is 1. The average Bonchev–Trinajstić information content (AvgIpc) is 2.30. The van der Waals surface area contributed by atoms with Gasteiger partial charge in [-0.2, -0.15) is 0 Å². The number of piperazine rings is 1. The van der Waals surface area contributed by atoms with Gasteiger partial charge >= 0.3 is 0 Å². The van der Waals surface area contributed by atoms with Crippen molar-refractivity contribution in [3.05, 3.63) is 35.9 Å². The van der Waals surface area contributed by atoms with E-state index in [0.29, 0.717) is 12.1 Å². The summed E-state index contributed by atoms with van der Waals surface area (Å²) in [5.74, 6) is 0. The Kier molecular flexibility index (Phi) is 3.39. The van der Waals surface area contributed by atoms with Gasteiger partial charge in [-0.1, -0.05) is 37.3 Å². The molecule has 1 aromatic carbocycles. The fraction of sp³-hybridized carbons (Fsp3) is 0.538. The molecule has 0 spiro atoms. The highest BCUT2D eigenvalue weighted by Crippen LogP contribution is 2.19. The third-order valence-electron chi connectivity index (χ3n) is 3.37. The molecule has 1 aromatic rings. The zero-order valence-electron chi connectivity index (χ0n) is 9.61. The number of rotatable bonds is 2. The lowest BCUT2D eigenvalue weighted by Gasteiger charge is -2.37. The minimum atomic E-state index is 0.499. The monoisotopic (exact) mass is 204 g/mol. The van der Waals surface area contributed by atoms with Crippen molar-refractivity contribution >= 4 is 0 Å². The molecule has 0 aromatic heterocycles. The molecule has 15 heavy (non-hydrogen) atoms. The van der Waals surface area contributed by atoms with E-state index in [9.17, 15) is 0 Å². The van der Waals surface area contributed by atoms with Crippen molar-refractivity contribution in [3.63, 3.8) is 0 Å². The lowest BCUT2D eigenvalue weighted by Crippen LogP contribution is -2.50. The smallest absolute Gasteiger partial charge is 0.0449 e. The largest absolute Gasteiger partial charge is 0.307 e. The molecule has 2 unspecified atom stereocenters. The summed E-state index contributed by atoms with van der Waals surface area (Å²) in [6.07, 6.45) is 1.23. The van der Waals surface area contributed by atoms with E-state index in [1.165, 1.54) is 12.0 Å². The maximum atomic E-state index is 3.63. The van der Waals surface area contributed by atoms with Crippen LogP contribution < -0.4 is 5.32 Å². The van der Waals surface area contributed by atoms with Crippen molar-refractivity contribution in [2.24, 2.45) is 0 Å². The van der Waals surface area contributed by atoms with E-state index in [4.69, 9.17) is 0 Å². The Morgan fingerprint density at radius 1 is 1.33 bits per heavy atom. The molecule has 2 nitrogen and oxygen atoms in total. The van der Waals surface area contributed by atoms with Gasteiger partial charge in [0, 0.05) is 25.2 Å². The van der Waals surface area contributed by atoms with Crippen LogP contribution in [0.2, 0.25) is 0 Å². The zero-order valence-corrected chi connectivity index (χ0v) is 9.61. The van der Waals surface area contributed by atoms with Crippen molar-refractivity contribution in [1.29, 1.82) is 0 Å². The first-order valence-electron chi connectivity index (χ1n) is 5.80. The Balaban J connectivity index is 2.03. The zero-order chi connectivity index (χ0) is 10.7. The summed E-state index contributed by atoms with van der Waals surface area (Å²) in [6, 6.07) is 11.9. The van der Waals surface area contributed by atoms with E-state index in [1.807, 2.05) is 0 Å². The number of nitrogens with one attached hydrogen (secondary N) is 1. The number of hydrogen-bond acceptors (Lipinski definition) is 2. The van der Waals surface area contributed by atoms with Gasteiger partial charge in [0.25, 0.3) is 0 Å². The van der Waals surface area contributed by atoms with E-state index in [2.05, 4.69) is 54.5 Å². The molecule has 0 amide bonds. The second kappa shape index (κ2) is 4.77. The first-order chi connectivity index (χ1) is 7.31. The summed E-state index contributed by atoms with van der Waals surface area (Å²) >= 11 is 0. The highest BCUT2D eigenvalue weighted by Gasteiger charge is 2.24. The second-order valence-corrected chi connectivity index (χ2v) is 4.37. The van der Waals surface area contributed by atoms with Gasteiger partial charge in [0.15, 0.2) is 0 Å². The third-order valence-corrected chi connectivity index (χ3v) is 3.37. The van der Waals surface area contributed by atoms with Gasteiger partial charge in [-0.05, 0) is 19.0 Å². The maximum Gasteiger partial charge on any atom is 0.0449 e. The van der Waals surface area contributed by atoms with Gasteiger partial charge in [0.2, 0.25) is 0 Å². The van der Waals surface area contributed by atoms with Crippen LogP contribution in [0.5, 0.6) is 0 Å². The molecule has 1 heterocycles. The number of likely N-dealkylation sites (N-methyl/N-ethyl adjacent to an activating group) is 1.